The Morgan fingerprint density at radius 3 is 2.62 bits per heavy atom. The SMILES string of the molecule is CC(C)n1c(C2(CN)CCCCC2)nc2cc(Br)ccc21. The van der Waals surface area contributed by atoms with E-state index in [1.807, 2.05) is 0 Å². The fraction of sp³-hybridized carbons (Fsp3) is 0.588. The van der Waals surface area contributed by atoms with Gasteiger partial charge in [0.25, 0.3) is 0 Å². The van der Waals surface area contributed by atoms with Crippen LogP contribution in [-0.2, 0) is 5.41 Å². The molecule has 1 saturated carbocycles. The predicted octanol–water partition coefficient (Wildman–Crippen LogP) is 4.54. The summed E-state index contributed by atoms with van der Waals surface area (Å²) >= 11 is 3.56. The standard InChI is InChI=1S/C17H24BrN3/c1-12(2)21-15-7-6-13(18)10-14(15)20-16(21)17(11-19)8-4-3-5-9-17/h6-7,10,12H,3-5,8-9,11,19H2,1-2H3. The third kappa shape index (κ3) is 2.53. The Balaban J connectivity index is 2.22. The van der Waals surface area contributed by atoms with Gasteiger partial charge in [0.1, 0.15) is 5.82 Å². The Labute approximate surface area is 135 Å². The summed E-state index contributed by atoms with van der Waals surface area (Å²) in [6.45, 7) is 5.17. The van der Waals surface area contributed by atoms with Gasteiger partial charge in [-0.1, -0.05) is 35.2 Å². The summed E-state index contributed by atoms with van der Waals surface area (Å²) in [5.74, 6) is 1.20. The molecular weight excluding hydrogens is 326 g/mol. The highest BCUT2D eigenvalue weighted by Gasteiger charge is 2.37. The summed E-state index contributed by atoms with van der Waals surface area (Å²) in [4.78, 5) is 5.01. The summed E-state index contributed by atoms with van der Waals surface area (Å²) in [6.07, 6.45) is 6.20. The van der Waals surface area contributed by atoms with Crippen molar-refractivity contribution < 1.29 is 0 Å². The van der Waals surface area contributed by atoms with Crippen LogP contribution in [0.3, 0.4) is 0 Å². The van der Waals surface area contributed by atoms with E-state index in [2.05, 4.69) is 52.5 Å². The molecule has 0 spiro atoms. The van der Waals surface area contributed by atoms with Crippen molar-refractivity contribution in [3.05, 3.63) is 28.5 Å². The molecule has 1 aliphatic carbocycles. The minimum Gasteiger partial charge on any atom is -0.329 e. The maximum absolute atomic E-state index is 6.23. The number of halogens is 1. The molecule has 0 amide bonds. The minimum absolute atomic E-state index is 0.0635. The molecule has 0 aliphatic heterocycles. The number of hydrogen-bond donors (Lipinski definition) is 1. The van der Waals surface area contributed by atoms with E-state index in [1.165, 1.54) is 43.4 Å². The van der Waals surface area contributed by atoms with Gasteiger partial charge in [0.05, 0.1) is 11.0 Å². The second-order valence-corrected chi connectivity index (χ2v) is 7.49. The van der Waals surface area contributed by atoms with Gasteiger partial charge in [0.15, 0.2) is 0 Å². The van der Waals surface area contributed by atoms with E-state index in [4.69, 9.17) is 10.7 Å². The van der Waals surface area contributed by atoms with Gasteiger partial charge in [-0.2, -0.15) is 0 Å². The summed E-state index contributed by atoms with van der Waals surface area (Å²) in [7, 11) is 0. The molecule has 0 bridgehead atoms. The zero-order valence-corrected chi connectivity index (χ0v) is 14.5. The lowest BCUT2D eigenvalue weighted by Gasteiger charge is -2.36. The van der Waals surface area contributed by atoms with Gasteiger partial charge in [-0.15, -0.1) is 0 Å². The van der Waals surface area contributed by atoms with Gasteiger partial charge in [0.2, 0.25) is 0 Å². The first-order valence-corrected chi connectivity index (χ1v) is 8.75. The van der Waals surface area contributed by atoms with Crippen LogP contribution in [0.2, 0.25) is 0 Å². The maximum atomic E-state index is 6.23. The van der Waals surface area contributed by atoms with Crippen molar-refractivity contribution in [2.45, 2.75) is 57.4 Å². The molecule has 21 heavy (non-hydrogen) atoms. The van der Waals surface area contributed by atoms with Gasteiger partial charge in [-0.05, 0) is 44.9 Å². The van der Waals surface area contributed by atoms with Gasteiger partial charge >= 0.3 is 0 Å². The molecule has 0 unspecified atom stereocenters. The van der Waals surface area contributed by atoms with Crippen LogP contribution in [0.5, 0.6) is 0 Å². The van der Waals surface area contributed by atoms with Crippen LogP contribution in [0.25, 0.3) is 11.0 Å². The van der Waals surface area contributed by atoms with Crippen molar-refractivity contribution in [3.63, 3.8) is 0 Å². The van der Waals surface area contributed by atoms with Crippen molar-refractivity contribution in [1.82, 2.24) is 9.55 Å². The lowest BCUT2D eigenvalue weighted by atomic mass is 9.73. The molecule has 1 aromatic carbocycles. The average Bonchev–Trinajstić information content (AvgIpc) is 2.87. The second kappa shape index (κ2) is 5.73. The third-order valence-corrected chi connectivity index (χ3v) is 5.34. The first kappa shape index (κ1) is 15.0. The van der Waals surface area contributed by atoms with Gasteiger partial charge in [-0.25, -0.2) is 4.98 Å². The van der Waals surface area contributed by atoms with Crippen molar-refractivity contribution in [1.29, 1.82) is 0 Å². The molecule has 0 saturated heterocycles. The molecule has 1 fully saturated rings. The summed E-state index contributed by atoms with van der Waals surface area (Å²) in [6, 6.07) is 6.78. The van der Waals surface area contributed by atoms with Crippen molar-refractivity contribution in [2.24, 2.45) is 5.73 Å². The maximum Gasteiger partial charge on any atom is 0.117 e. The fourth-order valence-electron chi connectivity index (χ4n) is 3.72. The summed E-state index contributed by atoms with van der Waals surface area (Å²) < 4.78 is 3.49. The van der Waals surface area contributed by atoms with Crippen LogP contribution >= 0.6 is 15.9 Å². The van der Waals surface area contributed by atoms with E-state index in [9.17, 15) is 0 Å². The van der Waals surface area contributed by atoms with Gasteiger partial charge < -0.3 is 10.3 Å². The molecule has 114 valence electrons. The largest absolute Gasteiger partial charge is 0.329 e. The normalized spacial score (nSPS) is 18.5. The first-order chi connectivity index (χ1) is 10.1. The Bertz CT molecular complexity index is 639. The van der Waals surface area contributed by atoms with Crippen molar-refractivity contribution in [3.8, 4) is 0 Å². The molecule has 3 nitrogen and oxygen atoms in total. The number of nitrogens with zero attached hydrogens (tertiary/aromatic N) is 2. The monoisotopic (exact) mass is 349 g/mol. The van der Waals surface area contributed by atoms with E-state index in [0.29, 0.717) is 12.6 Å². The minimum atomic E-state index is 0.0635. The Morgan fingerprint density at radius 2 is 2.00 bits per heavy atom. The molecule has 2 N–H and O–H groups in total. The molecule has 4 heteroatoms. The van der Waals surface area contributed by atoms with Gasteiger partial charge in [0, 0.05) is 22.5 Å². The predicted molar refractivity (Wildman–Crippen MR) is 91.6 cm³/mol. The van der Waals surface area contributed by atoms with Crippen LogP contribution in [0.4, 0.5) is 0 Å². The third-order valence-electron chi connectivity index (χ3n) is 4.84. The van der Waals surface area contributed by atoms with Crippen LogP contribution < -0.4 is 5.73 Å². The van der Waals surface area contributed by atoms with Crippen LogP contribution in [0, 0.1) is 0 Å². The van der Waals surface area contributed by atoms with Crippen molar-refractivity contribution >= 4 is 27.0 Å². The number of benzene rings is 1. The Hall–Kier alpha value is -0.870. The number of rotatable bonds is 3. The quantitative estimate of drug-likeness (QED) is 0.883. The van der Waals surface area contributed by atoms with E-state index >= 15 is 0 Å². The highest BCUT2D eigenvalue weighted by atomic mass is 79.9. The number of hydrogen-bond acceptors (Lipinski definition) is 2. The second-order valence-electron chi connectivity index (χ2n) is 6.58. The zero-order chi connectivity index (χ0) is 15.0. The van der Waals surface area contributed by atoms with Crippen LogP contribution in [0.1, 0.15) is 57.8 Å². The smallest absolute Gasteiger partial charge is 0.117 e. The molecule has 1 aliphatic rings. The van der Waals surface area contributed by atoms with Crippen LogP contribution in [0.15, 0.2) is 22.7 Å². The Morgan fingerprint density at radius 1 is 1.29 bits per heavy atom. The lowest BCUT2D eigenvalue weighted by molar-refractivity contribution is 0.274. The topological polar surface area (TPSA) is 43.8 Å². The molecule has 1 heterocycles. The summed E-state index contributed by atoms with van der Waals surface area (Å²) in [5.41, 5.74) is 8.59. The zero-order valence-electron chi connectivity index (χ0n) is 12.9. The van der Waals surface area contributed by atoms with E-state index in [1.54, 1.807) is 0 Å². The van der Waals surface area contributed by atoms with E-state index in [0.717, 1.165) is 9.99 Å². The highest BCUT2D eigenvalue weighted by molar-refractivity contribution is 9.10. The number of fused-ring (bicyclic) bond motifs is 1. The fourth-order valence-corrected chi connectivity index (χ4v) is 4.07. The molecule has 3 rings (SSSR count). The first-order valence-electron chi connectivity index (χ1n) is 7.95. The number of imidazole rings is 1. The average molecular weight is 350 g/mol. The molecule has 2 aromatic rings. The molecule has 1 aromatic heterocycles. The van der Waals surface area contributed by atoms with Gasteiger partial charge in [-0.3, -0.25) is 0 Å². The van der Waals surface area contributed by atoms with E-state index < -0.39 is 0 Å². The lowest BCUT2D eigenvalue weighted by Crippen LogP contribution is -2.40. The molecule has 0 atom stereocenters. The Kier molecular flexibility index (Phi) is 4.10. The number of nitrogens with two attached hydrogens (primary N) is 1. The molecular formula is C17H24BrN3. The number of aromatic nitrogens is 2. The molecule has 0 radical (unpaired) electrons. The highest BCUT2D eigenvalue weighted by Crippen LogP contribution is 2.40. The van der Waals surface area contributed by atoms with E-state index in [-0.39, 0.29) is 5.41 Å². The summed E-state index contributed by atoms with van der Waals surface area (Å²) in [5, 5.41) is 0. The van der Waals surface area contributed by atoms with Crippen molar-refractivity contribution in [2.75, 3.05) is 6.54 Å². The van der Waals surface area contributed by atoms with Crippen LogP contribution in [-0.4, -0.2) is 16.1 Å².